The Kier molecular flexibility index (Phi) is 4.06. The summed E-state index contributed by atoms with van der Waals surface area (Å²) in [6.07, 6.45) is -4.60. The van der Waals surface area contributed by atoms with Gasteiger partial charge in [0.05, 0.1) is 5.69 Å². The average Bonchev–Trinajstić information content (AvgIpc) is 2.39. The second-order valence-corrected chi connectivity index (χ2v) is 4.38. The molecule has 1 heterocycles. The summed E-state index contributed by atoms with van der Waals surface area (Å²) in [5.74, 6) is -0.787. The molecule has 0 N–H and O–H groups in total. The van der Waals surface area contributed by atoms with Crippen molar-refractivity contribution in [1.29, 1.82) is 0 Å². The van der Waals surface area contributed by atoms with E-state index in [-0.39, 0.29) is 18.0 Å². The molecular formula is C13H13F3N2O3. The zero-order chi connectivity index (χ0) is 15.6. The molecule has 0 radical (unpaired) electrons. The van der Waals surface area contributed by atoms with E-state index in [4.69, 9.17) is 0 Å². The molecule has 1 saturated heterocycles. The number of imide groups is 1. The highest BCUT2D eigenvalue weighted by atomic mass is 19.4. The van der Waals surface area contributed by atoms with Crippen LogP contribution in [-0.4, -0.2) is 36.3 Å². The molecule has 0 atom stereocenters. The van der Waals surface area contributed by atoms with Crippen molar-refractivity contribution in [2.45, 2.75) is 19.7 Å². The topological polar surface area (TPSA) is 49.9 Å². The summed E-state index contributed by atoms with van der Waals surface area (Å²) in [4.78, 5) is 26.4. The van der Waals surface area contributed by atoms with Gasteiger partial charge in [0.2, 0.25) is 5.91 Å². The number of carbonyl (C=O) groups is 2. The van der Waals surface area contributed by atoms with Crippen molar-refractivity contribution < 1.29 is 27.5 Å². The predicted octanol–water partition coefficient (Wildman–Crippen LogP) is 2.76. The largest absolute Gasteiger partial charge is 0.573 e. The number of ether oxygens (including phenoxy) is 1. The van der Waals surface area contributed by atoms with Gasteiger partial charge in [-0.25, -0.2) is 9.69 Å². The molecule has 0 aromatic heterocycles. The quantitative estimate of drug-likeness (QED) is 0.862. The molecular weight excluding hydrogens is 289 g/mol. The zero-order valence-corrected chi connectivity index (χ0v) is 11.2. The van der Waals surface area contributed by atoms with Crippen molar-refractivity contribution in [1.82, 2.24) is 4.90 Å². The Morgan fingerprint density at radius 1 is 1.19 bits per heavy atom. The zero-order valence-electron chi connectivity index (χ0n) is 11.2. The van der Waals surface area contributed by atoms with Crippen LogP contribution in [0.3, 0.4) is 0 Å². The van der Waals surface area contributed by atoms with Crippen molar-refractivity contribution in [3.63, 3.8) is 0 Å². The van der Waals surface area contributed by atoms with Gasteiger partial charge in [-0.05, 0) is 31.2 Å². The van der Waals surface area contributed by atoms with Crippen molar-refractivity contribution in [3.8, 4) is 5.75 Å². The van der Waals surface area contributed by atoms with Crippen molar-refractivity contribution in [2.75, 3.05) is 18.0 Å². The maximum Gasteiger partial charge on any atom is 0.573 e. The lowest BCUT2D eigenvalue weighted by Gasteiger charge is -2.33. The summed E-state index contributed by atoms with van der Waals surface area (Å²) in [7, 11) is 0. The van der Waals surface area contributed by atoms with Gasteiger partial charge in [0.15, 0.2) is 0 Å². The number of hydrogen-bond donors (Lipinski definition) is 0. The van der Waals surface area contributed by atoms with E-state index in [1.54, 1.807) is 6.92 Å². The molecule has 21 heavy (non-hydrogen) atoms. The molecule has 2 rings (SSSR count). The number of carbonyl (C=O) groups excluding carboxylic acids is 2. The SMILES string of the molecule is CCN1CCC(=O)N(c2ccc(OC(F)(F)F)cc2)C1=O. The monoisotopic (exact) mass is 302 g/mol. The first-order valence-electron chi connectivity index (χ1n) is 6.29. The second-order valence-electron chi connectivity index (χ2n) is 4.38. The van der Waals surface area contributed by atoms with Crippen LogP contribution in [0.2, 0.25) is 0 Å². The van der Waals surface area contributed by atoms with Gasteiger partial charge in [0.1, 0.15) is 5.75 Å². The Morgan fingerprint density at radius 2 is 1.81 bits per heavy atom. The number of urea groups is 1. The van der Waals surface area contributed by atoms with Crippen LogP contribution in [-0.2, 0) is 4.79 Å². The van der Waals surface area contributed by atoms with Crippen LogP contribution in [0, 0.1) is 0 Å². The summed E-state index contributed by atoms with van der Waals surface area (Å²) in [5.41, 5.74) is 0.220. The van der Waals surface area contributed by atoms with E-state index in [0.29, 0.717) is 13.1 Å². The van der Waals surface area contributed by atoms with Crippen LogP contribution in [0.25, 0.3) is 0 Å². The standard InChI is InChI=1S/C13H13F3N2O3/c1-2-17-8-7-11(19)18(12(17)20)9-3-5-10(6-4-9)21-13(14,15)16/h3-6H,2,7-8H2,1H3. The van der Waals surface area contributed by atoms with Gasteiger partial charge in [-0.1, -0.05) is 0 Å². The van der Waals surface area contributed by atoms with E-state index in [1.165, 1.54) is 17.0 Å². The molecule has 0 aliphatic carbocycles. The molecule has 8 heteroatoms. The summed E-state index contributed by atoms with van der Waals surface area (Å²) in [6, 6.07) is 4.15. The lowest BCUT2D eigenvalue weighted by atomic mass is 10.2. The maximum absolute atomic E-state index is 12.1. The predicted molar refractivity (Wildman–Crippen MR) is 67.9 cm³/mol. The van der Waals surface area contributed by atoms with Gasteiger partial charge in [0, 0.05) is 19.5 Å². The lowest BCUT2D eigenvalue weighted by Crippen LogP contribution is -2.52. The Balaban J connectivity index is 2.20. The van der Waals surface area contributed by atoms with E-state index < -0.39 is 18.1 Å². The number of benzene rings is 1. The first-order valence-corrected chi connectivity index (χ1v) is 6.29. The van der Waals surface area contributed by atoms with Crippen LogP contribution in [0.4, 0.5) is 23.7 Å². The highest BCUT2D eigenvalue weighted by Crippen LogP contribution is 2.27. The number of alkyl halides is 3. The van der Waals surface area contributed by atoms with E-state index in [1.807, 2.05) is 0 Å². The molecule has 0 saturated carbocycles. The molecule has 5 nitrogen and oxygen atoms in total. The molecule has 0 spiro atoms. The van der Waals surface area contributed by atoms with Gasteiger partial charge in [0.25, 0.3) is 0 Å². The van der Waals surface area contributed by atoms with Gasteiger partial charge >= 0.3 is 12.4 Å². The lowest BCUT2D eigenvalue weighted by molar-refractivity contribution is -0.274. The van der Waals surface area contributed by atoms with E-state index >= 15 is 0 Å². The Hall–Kier alpha value is -2.25. The molecule has 1 aliphatic rings. The molecule has 114 valence electrons. The highest BCUT2D eigenvalue weighted by Gasteiger charge is 2.33. The fourth-order valence-corrected chi connectivity index (χ4v) is 2.03. The van der Waals surface area contributed by atoms with Gasteiger partial charge < -0.3 is 9.64 Å². The molecule has 1 fully saturated rings. The molecule has 0 unspecified atom stereocenters. The van der Waals surface area contributed by atoms with E-state index in [2.05, 4.69) is 4.74 Å². The Labute approximate surface area is 118 Å². The normalized spacial score (nSPS) is 16.4. The van der Waals surface area contributed by atoms with Gasteiger partial charge in [-0.15, -0.1) is 13.2 Å². The molecule has 3 amide bonds. The molecule has 1 aromatic rings. The number of hydrogen-bond acceptors (Lipinski definition) is 3. The number of anilines is 1. The summed E-state index contributed by atoms with van der Waals surface area (Å²) in [6.45, 7) is 2.59. The van der Waals surface area contributed by atoms with E-state index in [0.717, 1.165) is 17.0 Å². The number of halogens is 3. The summed E-state index contributed by atoms with van der Waals surface area (Å²) >= 11 is 0. The Morgan fingerprint density at radius 3 is 2.33 bits per heavy atom. The van der Waals surface area contributed by atoms with Crippen molar-refractivity contribution in [2.24, 2.45) is 0 Å². The van der Waals surface area contributed by atoms with Gasteiger partial charge in [-0.3, -0.25) is 4.79 Å². The van der Waals surface area contributed by atoms with Crippen molar-refractivity contribution >= 4 is 17.6 Å². The summed E-state index contributed by atoms with van der Waals surface area (Å²) < 4.78 is 40.0. The number of amides is 3. The van der Waals surface area contributed by atoms with Crippen LogP contribution in [0.1, 0.15) is 13.3 Å². The minimum Gasteiger partial charge on any atom is -0.406 e. The van der Waals surface area contributed by atoms with Crippen molar-refractivity contribution in [3.05, 3.63) is 24.3 Å². The molecule has 0 bridgehead atoms. The van der Waals surface area contributed by atoms with E-state index in [9.17, 15) is 22.8 Å². The molecule has 1 aromatic carbocycles. The highest BCUT2D eigenvalue weighted by molar-refractivity contribution is 6.15. The summed E-state index contributed by atoms with van der Waals surface area (Å²) in [5, 5.41) is 0. The first-order chi connectivity index (χ1) is 9.81. The number of rotatable bonds is 3. The minimum absolute atomic E-state index is 0.181. The maximum atomic E-state index is 12.1. The fraction of sp³-hybridized carbons (Fsp3) is 0.385. The Bertz CT molecular complexity index is 543. The third kappa shape index (κ3) is 3.45. The van der Waals surface area contributed by atoms with Crippen LogP contribution in [0.15, 0.2) is 24.3 Å². The third-order valence-corrected chi connectivity index (χ3v) is 3.02. The second kappa shape index (κ2) is 5.63. The van der Waals surface area contributed by atoms with Crippen LogP contribution >= 0.6 is 0 Å². The average molecular weight is 302 g/mol. The minimum atomic E-state index is -4.78. The fourth-order valence-electron chi connectivity index (χ4n) is 2.03. The van der Waals surface area contributed by atoms with Gasteiger partial charge in [-0.2, -0.15) is 0 Å². The molecule has 1 aliphatic heterocycles. The van der Waals surface area contributed by atoms with Crippen LogP contribution < -0.4 is 9.64 Å². The number of nitrogens with zero attached hydrogens (tertiary/aromatic N) is 2. The first kappa shape index (κ1) is 15.1. The smallest absolute Gasteiger partial charge is 0.406 e. The third-order valence-electron chi connectivity index (χ3n) is 3.02. The van der Waals surface area contributed by atoms with Crippen LogP contribution in [0.5, 0.6) is 5.75 Å².